The van der Waals surface area contributed by atoms with Crippen molar-refractivity contribution in [3.8, 4) is 0 Å². The Morgan fingerprint density at radius 2 is 2.09 bits per heavy atom. The number of fused-ring (bicyclic) bond motifs is 1. The molecule has 4 N–H and O–H groups in total. The molecule has 0 bridgehead atoms. The maximum atomic E-state index is 12.1. The highest BCUT2D eigenvalue weighted by molar-refractivity contribution is 5.83. The smallest absolute Gasteiger partial charge is 0.237 e. The summed E-state index contributed by atoms with van der Waals surface area (Å²) in [7, 11) is 0. The molecular weight excluding hydrogens is 280 g/mol. The predicted octanol–water partition coefficient (Wildman–Crippen LogP) is 0.539. The Hall–Kier alpha value is -2.80. The summed E-state index contributed by atoms with van der Waals surface area (Å²) in [6, 6.07) is 6.83. The van der Waals surface area contributed by atoms with E-state index in [1.807, 2.05) is 24.3 Å². The van der Waals surface area contributed by atoms with Gasteiger partial charge in [-0.05, 0) is 36.2 Å². The lowest BCUT2D eigenvalue weighted by Crippen LogP contribution is -2.41. The summed E-state index contributed by atoms with van der Waals surface area (Å²) < 4.78 is 0. The second-order valence-corrected chi connectivity index (χ2v) is 4.96. The molecule has 0 spiro atoms. The Balaban J connectivity index is 1.60. The van der Waals surface area contributed by atoms with E-state index < -0.39 is 6.04 Å². The molecule has 1 atom stereocenters. The highest BCUT2D eigenvalue weighted by Gasteiger charge is 2.15. The molecule has 0 aliphatic rings. The third-order valence-electron chi connectivity index (χ3n) is 3.39. The topological polar surface area (TPSA) is 110 Å². The SMILES string of the molecule is N[C@H](Cc1ccncc1)C(=O)NCc1[nH]nc2ncccc12. The van der Waals surface area contributed by atoms with Crippen LogP contribution < -0.4 is 11.1 Å². The van der Waals surface area contributed by atoms with E-state index in [9.17, 15) is 4.79 Å². The van der Waals surface area contributed by atoms with E-state index in [2.05, 4.69) is 25.5 Å². The normalized spacial score (nSPS) is 12.2. The molecule has 3 heterocycles. The number of hydrogen-bond donors (Lipinski definition) is 3. The summed E-state index contributed by atoms with van der Waals surface area (Å²) >= 11 is 0. The quantitative estimate of drug-likeness (QED) is 0.636. The summed E-state index contributed by atoms with van der Waals surface area (Å²) in [6.07, 6.45) is 5.52. The average molecular weight is 296 g/mol. The van der Waals surface area contributed by atoms with Gasteiger partial charge in [-0.25, -0.2) is 4.98 Å². The summed E-state index contributed by atoms with van der Waals surface area (Å²) in [6.45, 7) is 0.338. The van der Waals surface area contributed by atoms with Gasteiger partial charge >= 0.3 is 0 Å². The van der Waals surface area contributed by atoms with Crippen molar-refractivity contribution >= 4 is 16.9 Å². The van der Waals surface area contributed by atoms with Crippen LogP contribution in [0.3, 0.4) is 0 Å². The maximum absolute atomic E-state index is 12.1. The number of nitrogens with one attached hydrogen (secondary N) is 2. The van der Waals surface area contributed by atoms with Gasteiger partial charge in [-0.2, -0.15) is 5.10 Å². The van der Waals surface area contributed by atoms with Crippen molar-refractivity contribution in [3.05, 3.63) is 54.1 Å². The van der Waals surface area contributed by atoms with Crippen LogP contribution >= 0.6 is 0 Å². The second-order valence-electron chi connectivity index (χ2n) is 4.96. The number of aromatic nitrogens is 4. The zero-order valence-electron chi connectivity index (χ0n) is 11.9. The molecule has 3 aromatic rings. The molecule has 22 heavy (non-hydrogen) atoms. The monoisotopic (exact) mass is 296 g/mol. The summed E-state index contributed by atoms with van der Waals surface area (Å²) in [5.74, 6) is -0.205. The summed E-state index contributed by atoms with van der Waals surface area (Å²) in [4.78, 5) is 20.1. The minimum absolute atomic E-state index is 0.205. The van der Waals surface area contributed by atoms with Crippen LogP contribution in [0.5, 0.6) is 0 Å². The van der Waals surface area contributed by atoms with E-state index >= 15 is 0 Å². The van der Waals surface area contributed by atoms with Crippen molar-refractivity contribution in [1.82, 2.24) is 25.5 Å². The number of rotatable bonds is 5. The lowest BCUT2D eigenvalue weighted by Gasteiger charge is -2.11. The third kappa shape index (κ3) is 3.09. The van der Waals surface area contributed by atoms with Gasteiger partial charge in [-0.3, -0.25) is 14.9 Å². The highest BCUT2D eigenvalue weighted by Crippen LogP contribution is 2.12. The first-order chi connectivity index (χ1) is 10.7. The van der Waals surface area contributed by atoms with Gasteiger partial charge in [0, 0.05) is 24.0 Å². The van der Waals surface area contributed by atoms with Crippen molar-refractivity contribution in [3.63, 3.8) is 0 Å². The van der Waals surface area contributed by atoms with Crippen molar-refractivity contribution < 1.29 is 4.79 Å². The van der Waals surface area contributed by atoms with Crippen molar-refractivity contribution in [2.45, 2.75) is 19.0 Å². The molecule has 1 amide bonds. The molecule has 0 aliphatic carbocycles. The van der Waals surface area contributed by atoms with Crippen LogP contribution in [-0.2, 0) is 17.8 Å². The summed E-state index contributed by atoms with van der Waals surface area (Å²) in [5.41, 5.74) is 8.36. The number of H-pyrrole nitrogens is 1. The number of nitrogens with zero attached hydrogens (tertiary/aromatic N) is 3. The maximum Gasteiger partial charge on any atom is 0.237 e. The average Bonchev–Trinajstić information content (AvgIpc) is 2.97. The molecular formula is C15H16N6O. The van der Waals surface area contributed by atoms with Crippen LogP contribution in [0.1, 0.15) is 11.3 Å². The standard InChI is InChI=1S/C15H16N6O/c16-12(8-10-3-6-17-7-4-10)15(22)19-9-13-11-2-1-5-18-14(11)21-20-13/h1-7,12H,8-9,16H2,(H,19,22)(H,18,20,21)/t12-/m1/s1. The number of hydrogen-bond acceptors (Lipinski definition) is 5. The highest BCUT2D eigenvalue weighted by atomic mass is 16.2. The molecule has 3 rings (SSSR count). The van der Waals surface area contributed by atoms with E-state index in [1.165, 1.54) is 0 Å². The molecule has 0 saturated heterocycles. The van der Waals surface area contributed by atoms with E-state index in [0.717, 1.165) is 16.6 Å². The fourth-order valence-corrected chi connectivity index (χ4v) is 2.21. The zero-order chi connectivity index (χ0) is 15.4. The number of amides is 1. The molecule has 0 fully saturated rings. The minimum atomic E-state index is -0.602. The van der Waals surface area contributed by atoms with Gasteiger partial charge in [-0.15, -0.1) is 0 Å². The van der Waals surface area contributed by atoms with Gasteiger partial charge in [0.1, 0.15) is 0 Å². The molecule has 7 nitrogen and oxygen atoms in total. The lowest BCUT2D eigenvalue weighted by molar-refractivity contribution is -0.122. The van der Waals surface area contributed by atoms with Crippen LogP contribution in [-0.4, -0.2) is 32.1 Å². The molecule has 0 unspecified atom stereocenters. The van der Waals surface area contributed by atoms with E-state index in [0.29, 0.717) is 18.6 Å². The molecule has 3 aromatic heterocycles. The van der Waals surface area contributed by atoms with E-state index in [4.69, 9.17) is 5.73 Å². The molecule has 0 aliphatic heterocycles. The Morgan fingerprint density at radius 1 is 1.27 bits per heavy atom. The Morgan fingerprint density at radius 3 is 2.91 bits per heavy atom. The van der Waals surface area contributed by atoms with Gasteiger partial charge in [0.25, 0.3) is 0 Å². The summed E-state index contributed by atoms with van der Waals surface area (Å²) in [5, 5.41) is 10.7. The Labute approximate surface area is 127 Å². The number of pyridine rings is 2. The molecule has 0 saturated carbocycles. The molecule has 7 heteroatoms. The van der Waals surface area contributed by atoms with Crippen molar-refractivity contribution in [2.75, 3.05) is 0 Å². The number of aromatic amines is 1. The molecule has 0 radical (unpaired) electrons. The largest absolute Gasteiger partial charge is 0.349 e. The second kappa shape index (κ2) is 6.31. The van der Waals surface area contributed by atoms with Gasteiger partial charge in [0.2, 0.25) is 5.91 Å². The Kier molecular flexibility index (Phi) is 4.06. The van der Waals surface area contributed by atoms with Gasteiger partial charge < -0.3 is 11.1 Å². The van der Waals surface area contributed by atoms with Gasteiger partial charge in [0.15, 0.2) is 5.65 Å². The fourth-order valence-electron chi connectivity index (χ4n) is 2.21. The first kappa shape index (κ1) is 14.2. The van der Waals surface area contributed by atoms with Crippen LogP contribution in [0.4, 0.5) is 0 Å². The van der Waals surface area contributed by atoms with Crippen LogP contribution in [0.25, 0.3) is 11.0 Å². The number of carbonyl (C=O) groups excluding carboxylic acids is 1. The van der Waals surface area contributed by atoms with Crippen molar-refractivity contribution in [1.29, 1.82) is 0 Å². The van der Waals surface area contributed by atoms with Gasteiger partial charge in [0.05, 0.1) is 18.3 Å². The van der Waals surface area contributed by atoms with Crippen LogP contribution in [0, 0.1) is 0 Å². The molecule has 0 aromatic carbocycles. The lowest BCUT2D eigenvalue weighted by atomic mass is 10.1. The first-order valence-electron chi connectivity index (χ1n) is 6.94. The van der Waals surface area contributed by atoms with E-state index in [-0.39, 0.29) is 5.91 Å². The van der Waals surface area contributed by atoms with E-state index in [1.54, 1.807) is 18.6 Å². The third-order valence-corrected chi connectivity index (χ3v) is 3.39. The minimum Gasteiger partial charge on any atom is -0.349 e. The predicted molar refractivity (Wildman–Crippen MR) is 81.7 cm³/mol. The van der Waals surface area contributed by atoms with Gasteiger partial charge in [-0.1, -0.05) is 0 Å². The molecule has 112 valence electrons. The fraction of sp³-hybridized carbons (Fsp3) is 0.200. The van der Waals surface area contributed by atoms with Crippen molar-refractivity contribution in [2.24, 2.45) is 5.73 Å². The Bertz CT molecular complexity index is 770. The first-order valence-corrected chi connectivity index (χ1v) is 6.94. The number of carbonyl (C=O) groups is 1. The van der Waals surface area contributed by atoms with Crippen LogP contribution in [0.15, 0.2) is 42.9 Å². The zero-order valence-corrected chi connectivity index (χ0v) is 11.9. The number of nitrogens with two attached hydrogens (primary N) is 1. The van der Waals surface area contributed by atoms with Crippen LogP contribution in [0.2, 0.25) is 0 Å².